The summed E-state index contributed by atoms with van der Waals surface area (Å²) in [5.74, 6) is -3.11. The molecule has 0 saturated heterocycles. The van der Waals surface area contributed by atoms with Gasteiger partial charge >= 0.3 is 0 Å². The molecular formula is C51H33N5. The Kier molecular flexibility index (Phi) is 3.03. The third-order valence-corrected chi connectivity index (χ3v) is 8.47. The summed E-state index contributed by atoms with van der Waals surface area (Å²) in [4.78, 5) is 13.4. The zero-order valence-electron chi connectivity index (χ0n) is 60.7. The zero-order valence-corrected chi connectivity index (χ0v) is 27.7. The molecule has 0 bridgehead atoms. The Morgan fingerprint density at radius 1 is 0.321 bits per heavy atom. The molecule has 8 aromatic carbocycles. The summed E-state index contributed by atoms with van der Waals surface area (Å²) >= 11 is 0. The highest BCUT2D eigenvalue weighted by atomic mass is 15.2. The van der Waals surface area contributed by atoms with Gasteiger partial charge in [-0.25, -0.2) is 4.98 Å². The number of hydrogen-bond acceptors (Lipinski definition) is 3. The van der Waals surface area contributed by atoms with E-state index in [1.807, 2.05) is 0 Å². The molecule has 11 rings (SSSR count). The van der Waals surface area contributed by atoms with Crippen LogP contribution in [0.1, 0.15) is 45.2 Å². The molecule has 3 aromatic heterocycles. The molecule has 0 spiro atoms. The fourth-order valence-corrected chi connectivity index (χ4v) is 6.19. The Labute approximate surface area is 369 Å². The highest BCUT2D eigenvalue weighted by molar-refractivity contribution is 6.23. The molecule has 0 atom stereocenters. The molecule has 5 heteroatoms. The minimum atomic E-state index is -1.14. The van der Waals surface area contributed by atoms with Crippen LogP contribution >= 0.6 is 0 Å². The van der Waals surface area contributed by atoms with Gasteiger partial charge in [-0.2, -0.15) is 9.97 Å². The molecule has 0 radical (unpaired) electrons. The molecule has 0 saturated carbocycles. The largest absolute Gasteiger partial charge is 0.307 e. The molecule has 5 nitrogen and oxygen atoms in total. The lowest BCUT2D eigenvalue weighted by molar-refractivity contribution is 0.953. The Morgan fingerprint density at radius 2 is 0.768 bits per heavy atom. The van der Waals surface area contributed by atoms with Gasteiger partial charge in [-0.15, -0.1) is 0 Å². The van der Waals surface area contributed by atoms with E-state index in [0.29, 0.717) is 9.13 Å². The SMILES string of the molecule is [2H]c1c([2H])c([2H])c(-c2nc(-c3c([2H])c([2H])c([2H])c(-c4c([2H])c([2H])c([2H])c([2H])c4[2H])c3[2H])nc(-n3c4c([2H])c([2H])c([2H])c([2H])c4c4c([2H])c([2H])c5c6c([2H])c([2H])c([2H])c([2H])c6n(-c6c([2H])c([2H])c([2H])c(-c7c([2H])c([2H])c([2H])c([2H])c7[2H])c6[2H])c5c43)n2)c([2H])c1[2H]. The molecule has 11 aromatic rings. The first-order chi connectivity index (χ1) is 41.5. The van der Waals surface area contributed by atoms with Gasteiger partial charge in [0.25, 0.3) is 0 Å². The van der Waals surface area contributed by atoms with Crippen LogP contribution in [-0.2, 0) is 0 Å². The third kappa shape index (κ3) is 5.21. The van der Waals surface area contributed by atoms with E-state index in [0.717, 1.165) is 0 Å². The van der Waals surface area contributed by atoms with Crippen LogP contribution in [0.3, 0.4) is 0 Å². The molecule has 0 unspecified atom stereocenters. The monoisotopic (exact) mass is 748 g/mol. The summed E-state index contributed by atoms with van der Waals surface area (Å²) in [6, 6.07) is -33.5. The molecular weight excluding hydrogens is 683 g/mol. The molecule has 262 valence electrons. The van der Waals surface area contributed by atoms with Crippen LogP contribution in [0.15, 0.2) is 199 Å². The van der Waals surface area contributed by atoms with Crippen molar-refractivity contribution in [1.82, 2.24) is 24.1 Å². The fourth-order valence-electron chi connectivity index (χ4n) is 6.19. The van der Waals surface area contributed by atoms with Gasteiger partial charge in [0.15, 0.2) is 11.6 Å². The van der Waals surface area contributed by atoms with Crippen LogP contribution in [0, 0.1) is 0 Å². The van der Waals surface area contributed by atoms with Crippen molar-refractivity contribution < 1.29 is 45.2 Å². The number of aromatic nitrogens is 5. The van der Waals surface area contributed by atoms with Gasteiger partial charge in [-0.1, -0.05) is 169 Å². The second-order valence-corrected chi connectivity index (χ2v) is 11.6. The Morgan fingerprint density at radius 3 is 1.39 bits per heavy atom. The van der Waals surface area contributed by atoms with Crippen molar-refractivity contribution in [1.29, 1.82) is 0 Å². The number of hydrogen-bond donors (Lipinski definition) is 0. The van der Waals surface area contributed by atoms with Crippen molar-refractivity contribution in [3.63, 3.8) is 0 Å². The van der Waals surface area contributed by atoms with Crippen LogP contribution in [0.4, 0.5) is 0 Å². The maximum atomic E-state index is 9.90. The number of para-hydroxylation sites is 2. The first-order valence-electron chi connectivity index (χ1n) is 32.7. The summed E-state index contributed by atoms with van der Waals surface area (Å²) in [5.41, 5.74) is -9.41. The third-order valence-electron chi connectivity index (χ3n) is 8.47. The Balaban J connectivity index is 1.47. The van der Waals surface area contributed by atoms with Gasteiger partial charge in [0.1, 0.15) is 0 Å². The number of fused-ring (bicyclic) bond motifs is 7. The summed E-state index contributed by atoms with van der Waals surface area (Å²) in [6.45, 7) is 0. The summed E-state index contributed by atoms with van der Waals surface area (Å²) in [5, 5.41) is -2.78. The maximum absolute atomic E-state index is 9.90. The van der Waals surface area contributed by atoms with Gasteiger partial charge in [-0.3, -0.25) is 4.57 Å². The Hall–Kier alpha value is -7.63. The highest BCUT2D eigenvalue weighted by Gasteiger charge is 2.23. The van der Waals surface area contributed by atoms with Gasteiger partial charge in [0, 0.05) is 38.4 Å². The van der Waals surface area contributed by atoms with Gasteiger partial charge in [0.05, 0.1) is 67.3 Å². The normalized spacial score (nSPS) is 19.8. The number of rotatable bonds is 6. The fraction of sp³-hybridized carbons (Fsp3) is 0. The Bertz CT molecular complexity index is 5100. The quantitative estimate of drug-likeness (QED) is 0.170. The van der Waals surface area contributed by atoms with Crippen LogP contribution in [0.2, 0.25) is 0 Å². The molecule has 56 heavy (non-hydrogen) atoms. The zero-order chi connectivity index (χ0) is 65.7. The lowest BCUT2D eigenvalue weighted by Gasteiger charge is -2.14. The van der Waals surface area contributed by atoms with Gasteiger partial charge in [0.2, 0.25) is 5.95 Å². The van der Waals surface area contributed by atoms with Crippen LogP contribution in [0.5, 0.6) is 0 Å². The van der Waals surface area contributed by atoms with E-state index in [1.54, 1.807) is 0 Å². The topological polar surface area (TPSA) is 48.5 Å². The van der Waals surface area contributed by atoms with E-state index in [4.69, 9.17) is 30.2 Å². The van der Waals surface area contributed by atoms with E-state index in [9.17, 15) is 15.1 Å². The van der Waals surface area contributed by atoms with Crippen molar-refractivity contribution in [2.45, 2.75) is 0 Å². The molecule has 0 aliphatic rings. The summed E-state index contributed by atoms with van der Waals surface area (Å²) in [6.07, 6.45) is 0. The average molecular weight is 749 g/mol. The molecule has 0 N–H and O–H groups in total. The van der Waals surface area contributed by atoms with Crippen molar-refractivity contribution in [3.05, 3.63) is 199 Å². The van der Waals surface area contributed by atoms with E-state index >= 15 is 0 Å². The minimum Gasteiger partial charge on any atom is -0.307 e. The first-order valence-corrected chi connectivity index (χ1v) is 16.2. The van der Waals surface area contributed by atoms with Crippen molar-refractivity contribution in [2.75, 3.05) is 0 Å². The van der Waals surface area contributed by atoms with Crippen molar-refractivity contribution in [3.8, 4) is 56.7 Å². The van der Waals surface area contributed by atoms with E-state index < -0.39 is 300 Å². The average Bonchev–Trinajstić information content (AvgIpc) is 1.52. The van der Waals surface area contributed by atoms with Crippen molar-refractivity contribution >= 4 is 43.6 Å². The second kappa shape index (κ2) is 13.0. The van der Waals surface area contributed by atoms with Gasteiger partial charge in [-0.05, 0) is 52.5 Å². The highest BCUT2D eigenvalue weighted by Crippen LogP contribution is 2.42. The molecule has 0 amide bonds. The first kappa shape index (κ1) is 13.0. The minimum absolute atomic E-state index is 0.681. The van der Waals surface area contributed by atoms with E-state index in [1.165, 1.54) is 0 Å². The van der Waals surface area contributed by atoms with Crippen LogP contribution < -0.4 is 0 Å². The smallest absolute Gasteiger partial charge is 0.238 e. The van der Waals surface area contributed by atoms with E-state index in [-0.39, 0.29) is 0 Å². The molecule has 3 heterocycles. The predicted molar refractivity (Wildman–Crippen MR) is 230 cm³/mol. The number of nitrogens with zero attached hydrogens (tertiary/aromatic N) is 5. The standard InChI is InChI=1S/C51H33N5/c1-4-16-34(17-5-1)37-22-14-24-39(32-37)50-52-49(36-20-8-3-9-21-36)53-51(54-50)56-46-29-13-11-27-42(46)44-31-30-43-41-26-10-12-28-45(41)55(47(43)48(44)56)40-25-15-23-38(33-40)35-18-6-2-7-19-35/h1-33H/i1D,2D,3D,4D,5D,6D,7D,8D,9D,10D,11D,12D,13D,14D,15D,16D,17D,18D,19D,20D,21D,22D,23D,24D,25D,26D,27D,28D,29D,30D,31D,32D,33D. The lowest BCUT2D eigenvalue weighted by atomic mass is 10.0. The summed E-state index contributed by atoms with van der Waals surface area (Å²) in [7, 11) is 0. The molecule has 0 aliphatic carbocycles. The van der Waals surface area contributed by atoms with Crippen molar-refractivity contribution in [2.24, 2.45) is 0 Å². The maximum Gasteiger partial charge on any atom is 0.238 e. The second-order valence-electron chi connectivity index (χ2n) is 11.6. The van der Waals surface area contributed by atoms with Gasteiger partial charge < -0.3 is 4.57 Å². The lowest BCUT2D eigenvalue weighted by Crippen LogP contribution is -2.07. The van der Waals surface area contributed by atoms with Crippen LogP contribution in [0.25, 0.3) is 100 Å². The number of benzene rings is 8. The van der Waals surface area contributed by atoms with E-state index in [2.05, 4.69) is 15.0 Å². The molecule has 0 aliphatic heterocycles. The molecule has 0 fully saturated rings. The van der Waals surface area contributed by atoms with Crippen LogP contribution in [-0.4, -0.2) is 24.1 Å². The summed E-state index contributed by atoms with van der Waals surface area (Å²) < 4.78 is 298. The predicted octanol–water partition coefficient (Wildman–Crippen LogP) is 12.7.